The summed E-state index contributed by atoms with van der Waals surface area (Å²) in [7, 11) is 1.56. The van der Waals surface area contributed by atoms with E-state index in [0.29, 0.717) is 5.69 Å². The summed E-state index contributed by atoms with van der Waals surface area (Å²) in [6.07, 6.45) is 2.97. The van der Waals surface area contributed by atoms with E-state index in [9.17, 15) is 4.79 Å². The predicted molar refractivity (Wildman–Crippen MR) is 50.3 cm³/mol. The van der Waals surface area contributed by atoms with Gasteiger partial charge >= 0.3 is 0 Å². The third-order valence-electron chi connectivity index (χ3n) is 1.60. The Labute approximate surface area is 82.2 Å². The number of aromatic nitrogens is 2. The number of amides is 1. The van der Waals surface area contributed by atoms with Gasteiger partial charge in [-0.2, -0.15) is 0 Å². The number of carbonyl (C=O) groups is 1. The van der Waals surface area contributed by atoms with Crippen molar-refractivity contribution < 1.29 is 4.79 Å². The average Bonchev–Trinajstić information content (AvgIpc) is 2.17. The molecule has 0 spiro atoms. The highest BCUT2D eigenvalue weighted by Gasteiger charge is 2.14. The molecule has 0 N–H and O–H groups in total. The van der Waals surface area contributed by atoms with Gasteiger partial charge in [-0.15, -0.1) is 0 Å². The topological polar surface area (TPSA) is 50.5 Å². The molecule has 0 atom stereocenters. The molecule has 0 saturated heterocycles. The van der Waals surface area contributed by atoms with Crippen LogP contribution >= 0.6 is 0 Å². The fraction of sp³-hybridized carbons (Fsp3) is 0.333. The fourth-order valence-corrected chi connectivity index (χ4v) is 0.932. The van der Waals surface area contributed by atoms with Crippen LogP contribution in [0.3, 0.4) is 0 Å². The first kappa shape index (κ1) is 10.1. The van der Waals surface area contributed by atoms with Crippen LogP contribution in [-0.4, -0.2) is 34.5 Å². The maximum Gasteiger partial charge on any atom is 0.291 e. The molecule has 0 aliphatic rings. The van der Waals surface area contributed by atoms with E-state index in [1.807, 2.05) is 0 Å². The Kier molecular flexibility index (Phi) is 3.13. The first-order valence-electron chi connectivity index (χ1n) is 4.02. The van der Waals surface area contributed by atoms with E-state index in [2.05, 4.69) is 14.8 Å². The Morgan fingerprint density at radius 1 is 1.64 bits per heavy atom. The number of nitrogens with zero attached hydrogens (tertiary/aromatic N) is 4. The molecule has 1 heterocycles. The van der Waals surface area contributed by atoms with E-state index < -0.39 is 0 Å². The number of hydrogen-bond acceptors (Lipinski definition) is 3. The average molecular weight is 190 g/mol. The van der Waals surface area contributed by atoms with Crippen LogP contribution in [0.5, 0.6) is 0 Å². The van der Waals surface area contributed by atoms with Crippen molar-refractivity contribution in [3.05, 3.63) is 35.2 Å². The largest absolute Gasteiger partial charge is 0.293 e. The van der Waals surface area contributed by atoms with Gasteiger partial charge in [0.1, 0.15) is 5.69 Å². The molecule has 5 nitrogen and oxygen atoms in total. The van der Waals surface area contributed by atoms with E-state index in [0.717, 1.165) is 0 Å². The lowest BCUT2D eigenvalue weighted by Gasteiger charge is -2.09. The van der Waals surface area contributed by atoms with Gasteiger partial charge < -0.3 is 0 Å². The zero-order valence-electron chi connectivity index (χ0n) is 8.06. The number of rotatable bonds is 2. The molecule has 0 fully saturated rings. The summed E-state index contributed by atoms with van der Waals surface area (Å²) in [4.78, 5) is 23.9. The third-order valence-corrected chi connectivity index (χ3v) is 1.60. The Balaban J connectivity index is 2.85. The minimum Gasteiger partial charge on any atom is -0.293 e. The first-order chi connectivity index (χ1) is 6.65. The lowest BCUT2D eigenvalue weighted by molar-refractivity contribution is 0.0803. The normalized spacial score (nSPS) is 9.21. The van der Waals surface area contributed by atoms with Gasteiger partial charge in [-0.3, -0.25) is 19.5 Å². The quantitative estimate of drug-likeness (QED) is 0.646. The van der Waals surface area contributed by atoms with Gasteiger partial charge in [-0.05, 0) is 6.92 Å². The molecule has 1 aromatic heterocycles. The SMILES string of the molecule is [C-]#[N+]CN(C)C(=O)c1cncc(C)n1. The van der Waals surface area contributed by atoms with Crippen molar-refractivity contribution in [2.24, 2.45) is 0 Å². The minimum absolute atomic E-state index is 0.0362. The molecular formula is C9H10N4O. The van der Waals surface area contributed by atoms with E-state index >= 15 is 0 Å². The lowest BCUT2D eigenvalue weighted by Crippen LogP contribution is -2.27. The van der Waals surface area contributed by atoms with Crippen LogP contribution in [0.4, 0.5) is 0 Å². The van der Waals surface area contributed by atoms with Gasteiger partial charge in [-0.1, -0.05) is 0 Å². The summed E-state index contributed by atoms with van der Waals surface area (Å²) < 4.78 is 0. The summed E-state index contributed by atoms with van der Waals surface area (Å²) in [5, 5.41) is 0. The van der Waals surface area contributed by atoms with Crippen molar-refractivity contribution in [3.63, 3.8) is 0 Å². The molecule has 0 aliphatic heterocycles. The van der Waals surface area contributed by atoms with Crippen molar-refractivity contribution in [1.82, 2.24) is 14.9 Å². The second-order valence-electron chi connectivity index (χ2n) is 2.85. The molecule has 0 aromatic carbocycles. The monoisotopic (exact) mass is 190 g/mol. The van der Waals surface area contributed by atoms with Crippen LogP contribution in [0.15, 0.2) is 12.4 Å². The third kappa shape index (κ3) is 2.26. The summed E-state index contributed by atoms with van der Waals surface area (Å²) in [6.45, 7) is 8.42. The van der Waals surface area contributed by atoms with Crippen molar-refractivity contribution in [2.45, 2.75) is 6.92 Å². The van der Waals surface area contributed by atoms with E-state index in [-0.39, 0.29) is 18.3 Å². The molecule has 1 amide bonds. The Bertz CT molecular complexity index is 383. The van der Waals surface area contributed by atoms with Crippen molar-refractivity contribution in [3.8, 4) is 0 Å². The van der Waals surface area contributed by atoms with E-state index in [1.54, 1.807) is 20.2 Å². The number of hydrogen-bond donors (Lipinski definition) is 0. The van der Waals surface area contributed by atoms with E-state index in [4.69, 9.17) is 6.57 Å². The van der Waals surface area contributed by atoms with Gasteiger partial charge in [0.15, 0.2) is 0 Å². The van der Waals surface area contributed by atoms with Crippen LogP contribution in [0.25, 0.3) is 4.85 Å². The van der Waals surface area contributed by atoms with Crippen LogP contribution in [-0.2, 0) is 0 Å². The molecule has 0 bridgehead atoms. The smallest absolute Gasteiger partial charge is 0.291 e. The second-order valence-corrected chi connectivity index (χ2v) is 2.85. The standard InChI is InChI=1S/C9H10N4O/c1-7-4-11-5-8(12-7)9(14)13(3)6-10-2/h4-5H,6H2,1,3H3. The maximum atomic E-state index is 11.6. The van der Waals surface area contributed by atoms with Gasteiger partial charge in [0.2, 0.25) is 0 Å². The molecule has 14 heavy (non-hydrogen) atoms. The van der Waals surface area contributed by atoms with Gasteiger partial charge in [0, 0.05) is 13.2 Å². The molecule has 0 aliphatic carbocycles. The molecule has 0 saturated carbocycles. The second kappa shape index (κ2) is 4.33. The molecule has 0 unspecified atom stereocenters. The van der Waals surface area contributed by atoms with Crippen molar-refractivity contribution in [2.75, 3.05) is 13.7 Å². The molecule has 72 valence electrons. The molecule has 0 radical (unpaired) electrons. The highest BCUT2D eigenvalue weighted by Crippen LogP contribution is 1.99. The zero-order valence-corrected chi connectivity index (χ0v) is 8.06. The highest BCUT2D eigenvalue weighted by atomic mass is 16.2. The van der Waals surface area contributed by atoms with E-state index in [1.165, 1.54) is 11.1 Å². The molecule has 1 rings (SSSR count). The van der Waals surface area contributed by atoms with Gasteiger partial charge in [0.05, 0.1) is 11.9 Å². The predicted octanol–water partition coefficient (Wildman–Crippen LogP) is 0.734. The number of carbonyl (C=O) groups excluding carboxylic acids is 1. The first-order valence-corrected chi connectivity index (χ1v) is 4.02. The van der Waals surface area contributed by atoms with Crippen molar-refractivity contribution >= 4 is 5.91 Å². The molecular weight excluding hydrogens is 180 g/mol. The molecule has 1 aromatic rings. The minimum atomic E-state index is -0.280. The summed E-state index contributed by atoms with van der Waals surface area (Å²) >= 11 is 0. The summed E-state index contributed by atoms with van der Waals surface area (Å²) in [5.41, 5.74) is 0.961. The molecule has 5 heteroatoms. The Hall–Kier alpha value is -1.96. The van der Waals surface area contributed by atoms with Crippen LogP contribution in [0.1, 0.15) is 16.2 Å². The maximum absolute atomic E-state index is 11.6. The van der Waals surface area contributed by atoms with Crippen molar-refractivity contribution in [1.29, 1.82) is 0 Å². The summed E-state index contributed by atoms with van der Waals surface area (Å²) in [6, 6.07) is 0. The van der Waals surface area contributed by atoms with Gasteiger partial charge in [-0.25, -0.2) is 11.6 Å². The zero-order chi connectivity index (χ0) is 10.6. The number of aryl methyl sites for hydroxylation is 1. The Morgan fingerprint density at radius 3 is 2.93 bits per heavy atom. The lowest BCUT2D eigenvalue weighted by atomic mass is 10.4. The van der Waals surface area contributed by atoms with Crippen LogP contribution in [0.2, 0.25) is 0 Å². The van der Waals surface area contributed by atoms with Gasteiger partial charge in [0.25, 0.3) is 12.6 Å². The van der Waals surface area contributed by atoms with Crippen LogP contribution < -0.4 is 0 Å². The summed E-state index contributed by atoms with van der Waals surface area (Å²) in [5.74, 6) is -0.280. The van der Waals surface area contributed by atoms with Crippen LogP contribution in [0, 0.1) is 13.5 Å². The fourth-order valence-electron chi connectivity index (χ4n) is 0.932. The Morgan fingerprint density at radius 2 is 2.36 bits per heavy atom. The highest BCUT2D eigenvalue weighted by molar-refractivity contribution is 5.91.